The fraction of sp³-hybridized carbons (Fsp3) is 0.222. The Morgan fingerprint density at radius 1 is 1.60 bits per heavy atom. The summed E-state index contributed by atoms with van der Waals surface area (Å²) in [6.45, 7) is 1.88. The van der Waals surface area contributed by atoms with Gasteiger partial charge in [0.05, 0.1) is 22.8 Å². The number of hydrogen-bond acceptors (Lipinski definition) is 4. The zero-order valence-corrected chi connectivity index (χ0v) is 9.30. The van der Waals surface area contributed by atoms with E-state index in [1.165, 1.54) is 6.20 Å². The summed E-state index contributed by atoms with van der Waals surface area (Å²) in [5, 5.41) is -0.0773. The normalized spacial score (nSPS) is 9.80. The first-order valence-electron chi connectivity index (χ1n) is 4.08. The second-order valence-corrected chi connectivity index (χ2v) is 3.26. The van der Waals surface area contributed by atoms with Crippen molar-refractivity contribution in [1.82, 2.24) is 4.98 Å². The third-order valence-corrected chi connectivity index (χ3v) is 2.32. The van der Waals surface area contributed by atoms with Crippen molar-refractivity contribution in [3.05, 3.63) is 27.5 Å². The number of nitrogens with zero attached hydrogens (tertiary/aromatic N) is 1. The molecule has 15 heavy (non-hydrogen) atoms. The molecule has 0 atom stereocenters. The van der Waals surface area contributed by atoms with E-state index in [-0.39, 0.29) is 27.9 Å². The van der Waals surface area contributed by atoms with Crippen molar-refractivity contribution < 1.29 is 14.3 Å². The van der Waals surface area contributed by atoms with Crippen LogP contribution in [-0.4, -0.2) is 23.8 Å². The molecule has 1 heterocycles. The highest BCUT2D eigenvalue weighted by molar-refractivity contribution is 6.39. The fourth-order valence-electron chi connectivity index (χ4n) is 0.935. The van der Waals surface area contributed by atoms with Crippen LogP contribution in [0.25, 0.3) is 0 Å². The quantitative estimate of drug-likeness (QED) is 0.468. The Labute approximate surface area is 96.2 Å². The summed E-state index contributed by atoms with van der Waals surface area (Å²) in [7, 11) is 0. The summed E-state index contributed by atoms with van der Waals surface area (Å²) in [6.07, 6.45) is 1.62. The molecule has 0 saturated carbocycles. The minimum atomic E-state index is -0.630. The van der Waals surface area contributed by atoms with E-state index in [2.05, 4.69) is 4.98 Å². The van der Waals surface area contributed by atoms with Crippen molar-refractivity contribution in [1.29, 1.82) is 0 Å². The zero-order chi connectivity index (χ0) is 11.4. The molecule has 0 unspecified atom stereocenters. The van der Waals surface area contributed by atoms with E-state index in [9.17, 15) is 9.59 Å². The van der Waals surface area contributed by atoms with Crippen LogP contribution in [0.5, 0.6) is 0 Å². The Morgan fingerprint density at radius 3 is 2.80 bits per heavy atom. The number of esters is 1. The van der Waals surface area contributed by atoms with Gasteiger partial charge in [-0.25, -0.2) is 9.78 Å². The number of carbonyl (C=O) groups is 2. The summed E-state index contributed by atoms with van der Waals surface area (Å²) in [6, 6.07) is 0. The number of ether oxygens (including phenoxy) is 1. The van der Waals surface area contributed by atoms with Crippen LogP contribution in [0.4, 0.5) is 0 Å². The second kappa shape index (κ2) is 5.09. The van der Waals surface area contributed by atoms with Crippen molar-refractivity contribution in [2.45, 2.75) is 6.92 Å². The third-order valence-electron chi connectivity index (χ3n) is 1.62. The number of aromatic nitrogens is 1. The van der Waals surface area contributed by atoms with Gasteiger partial charge in [0.15, 0.2) is 6.29 Å². The summed E-state index contributed by atoms with van der Waals surface area (Å²) in [5.41, 5.74) is 0.0221. The maximum atomic E-state index is 11.3. The van der Waals surface area contributed by atoms with Crippen molar-refractivity contribution in [3.63, 3.8) is 0 Å². The number of hydrogen-bond donors (Lipinski definition) is 0. The molecule has 0 saturated heterocycles. The van der Waals surface area contributed by atoms with E-state index in [1.807, 2.05) is 0 Å². The Balaban J connectivity index is 3.21. The number of pyridine rings is 1. The van der Waals surface area contributed by atoms with Crippen LogP contribution in [0.2, 0.25) is 10.2 Å². The molecular weight excluding hydrogens is 241 g/mol. The highest BCUT2D eigenvalue weighted by Crippen LogP contribution is 2.24. The van der Waals surface area contributed by atoms with Crippen LogP contribution in [0.3, 0.4) is 0 Å². The fourth-order valence-corrected chi connectivity index (χ4v) is 1.43. The van der Waals surface area contributed by atoms with Gasteiger partial charge in [-0.3, -0.25) is 4.79 Å². The second-order valence-electron chi connectivity index (χ2n) is 2.53. The summed E-state index contributed by atoms with van der Waals surface area (Å²) < 4.78 is 4.73. The van der Waals surface area contributed by atoms with Gasteiger partial charge in [0.25, 0.3) is 0 Å². The summed E-state index contributed by atoms with van der Waals surface area (Å²) in [4.78, 5) is 25.6. The van der Waals surface area contributed by atoms with Crippen molar-refractivity contribution >= 4 is 35.5 Å². The number of halogens is 2. The van der Waals surface area contributed by atoms with Crippen LogP contribution in [0, 0.1) is 0 Å². The van der Waals surface area contributed by atoms with Crippen molar-refractivity contribution in [3.8, 4) is 0 Å². The Hall–Kier alpha value is -1.13. The highest BCUT2D eigenvalue weighted by atomic mass is 35.5. The number of carbonyl (C=O) groups excluding carboxylic acids is 2. The van der Waals surface area contributed by atoms with Crippen LogP contribution >= 0.6 is 23.2 Å². The third kappa shape index (κ3) is 2.46. The van der Waals surface area contributed by atoms with Gasteiger partial charge in [0, 0.05) is 6.20 Å². The highest BCUT2D eigenvalue weighted by Gasteiger charge is 2.17. The first-order chi connectivity index (χ1) is 7.11. The summed E-state index contributed by atoms with van der Waals surface area (Å²) in [5.74, 6) is -0.630. The van der Waals surface area contributed by atoms with E-state index < -0.39 is 5.97 Å². The van der Waals surface area contributed by atoms with Gasteiger partial charge in [-0.05, 0) is 6.92 Å². The van der Waals surface area contributed by atoms with Gasteiger partial charge in [-0.2, -0.15) is 0 Å². The largest absolute Gasteiger partial charge is 0.462 e. The maximum absolute atomic E-state index is 11.3. The molecule has 0 fully saturated rings. The van der Waals surface area contributed by atoms with Crippen LogP contribution < -0.4 is 0 Å². The molecule has 1 rings (SSSR count). The molecule has 0 aliphatic rings. The molecule has 1 aromatic rings. The monoisotopic (exact) mass is 247 g/mol. The minimum absolute atomic E-state index is 0.0103. The first-order valence-corrected chi connectivity index (χ1v) is 4.83. The average molecular weight is 248 g/mol. The van der Waals surface area contributed by atoms with Crippen molar-refractivity contribution in [2.24, 2.45) is 0 Å². The predicted molar refractivity (Wildman–Crippen MR) is 55.6 cm³/mol. The van der Waals surface area contributed by atoms with Gasteiger partial charge in [-0.15, -0.1) is 0 Å². The molecule has 0 spiro atoms. The molecule has 1 aromatic heterocycles. The van der Waals surface area contributed by atoms with E-state index in [1.54, 1.807) is 6.92 Å². The molecule has 4 nitrogen and oxygen atoms in total. The molecular formula is C9H7Cl2NO3. The first kappa shape index (κ1) is 11.9. The van der Waals surface area contributed by atoms with Crippen molar-refractivity contribution in [2.75, 3.05) is 6.61 Å². The van der Waals surface area contributed by atoms with Crippen LogP contribution in [0.1, 0.15) is 27.6 Å². The lowest BCUT2D eigenvalue weighted by Gasteiger charge is -2.05. The smallest absolute Gasteiger partial charge is 0.341 e. The Bertz CT molecular complexity index is 407. The van der Waals surface area contributed by atoms with E-state index in [0.29, 0.717) is 6.29 Å². The maximum Gasteiger partial charge on any atom is 0.341 e. The van der Waals surface area contributed by atoms with Gasteiger partial charge in [0.1, 0.15) is 5.15 Å². The van der Waals surface area contributed by atoms with E-state index >= 15 is 0 Å². The lowest BCUT2D eigenvalue weighted by molar-refractivity contribution is 0.0526. The molecule has 0 aliphatic heterocycles. The molecule has 0 N–H and O–H groups in total. The molecule has 0 amide bonds. The summed E-state index contributed by atoms with van der Waals surface area (Å²) >= 11 is 11.4. The Kier molecular flexibility index (Phi) is 4.05. The predicted octanol–water partition coefficient (Wildman–Crippen LogP) is 2.38. The Morgan fingerprint density at radius 2 is 2.27 bits per heavy atom. The molecule has 0 bridgehead atoms. The van der Waals surface area contributed by atoms with Gasteiger partial charge >= 0.3 is 5.97 Å². The lowest BCUT2D eigenvalue weighted by atomic mass is 10.2. The topological polar surface area (TPSA) is 56.3 Å². The van der Waals surface area contributed by atoms with Gasteiger partial charge in [-0.1, -0.05) is 23.2 Å². The molecule has 80 valence electrons. The lowest BCUT2D eigenvalue weighted by Crippen LogP contribution is -2.07. The standard InChI is InChI=1S/C9H7Cl2NO3/c1-2-15-9(14)5-3-12-8(11)6(4-13)7(5)10/h3-4H,2H2,1H3. The zero-order valence-electron chi connectivity index (χ0n) is 7.79. The van der Waals surface area contributed by atoms with E-state index in [0.717, 1.165) is 0 Å². The van der Waals surface area contributed by atoms with Crippen LogP contribution in [0.15, 0.2) is 6.20 Å². The average Bonchev–Trinajstić information content (AvgIpc) is 2.18. The molecule has 0 radical (unpaired) electrons. The minimum Gasteiger partial charge on any atom is -0.462 e. The van der Waals surface area contributed by atoms with Gasteiger partial charge in [0.2, 0.25) is 0 Å². The molecule has 0 aliphatic carbocycles. The SMILES string of the molecule is CCOC(=O)c1cnc(Cl)c(C=O)c1Cl. The van der Waals surface area contributed by atoms with Crippen LogP contribution in [-0.2, 0) is 4.74 Å². The molecule has 0 aromatic carbocycles. The van der Waals surface area contributed by atoms with E-state index in [4.69, 9.17) is 27.9 Å². The number of rotatable bonds is 3. The van der Waals surface area contributed by atoms with Gasteiger partial charge < -0.3 is 4.74 Å². The number of aldehydes is 1. The molecule has 6 heteroatoms.